The molecule has 1 nitrogen and oxygen atoms in total. The van der Waals surface area contributed by atoms with Gasteiger partial charge in [0.25, 0.3) is 0 Å². The number of hydrogen-bond acceptors (Lipinski definition) is 1. The van der Waals surface area contributed by atoms with Gasteiger partial charge in [0.2, 0.25) is 0 Å². The van der Waals surface area contributed by atoms with Gasteiger partial charge >= 0.3 is 0 Å². The lowest BCUT2D eigenvalue weighted by Gasteiger charge is -2.12. The van der Waals surface area contributed by atoms with Crippen LogP contribution in [0.3, 0.4) is 0 Å². The Labute approximate surface area is 86.5 Å². The first-order valence-electron chi connectivity index (χ1n) is 5.64. The third-order valence-electron chi connectivity index (χ3n) is 2.81. The number of aryl methyl sites for hydroxylation is 1. The average molecular weight is 189 g/mol. The van der Waals surface area contributed by atoms with E-state index in [1.165, 1.54) is 31.2 Å². The Bertz CT molecular complexity index is 264. The zero-order valence-electron chi connectivity index (χ0n) is 8.87. The van der Waals surface area contributed by atoms with Crippen LogP contribution < -0.4 is 5.32 Å². The molecule has 1 aromatic carbocycles. The minimum absolute atomic E-state index is 0.669. The zero-order valence-corrected chi connectivity index (χ0v) is 8.87. The smallest absolute Gasteiger partial charge is 0.00706 e. The summed E-state index contributed by atoms with van der Waals surface area (Å²) in [7, 11) is 0. The van der Waals surface area contributed by atoms with Crippen molar-refractivity contribution in [1.82, 2.24) is 5.32 Å². The van der Waals surface area contributed by atoms with Crippen LogP contribution in [0.15, 0.2) is 30.3 Å². The van der Waals surface area contributed by atoms with Crippen LogP contribution in [-0.2, 0) is 6.42 Å². The summed E-state index contributed by atoms with van der Waals surface area (Å²) in [6, 6.07) is 12.2. The summed E-state index contributed by atoms with van der Waals surface area (Å²) in [6.07, 6.45) is 5.22. The van der Waals surface area contributed by atoms with Gasteiger partial charge in [0.15, 0.2) is 0 Å². The number of rotatable bonds is 5. The summed E-state index contributed by atoms with van der Waals surface area (Å²) in [5.41, 5.74) is 1.46. The van der Waals surface area contributed by atoms with Crippen molar-refractivity contribution in [1.29, 1.82) is 0 Å². The summed E-state index contributed by atoms with van der Waals surface area (Å²) >= 11 is 0. The van der Waals surface area contributed by atoms with Crippen LogP contribution in [-0.4, -0.2) is 12.1 Å². The fraction of sp³-hybridized carbons (Fsp3) is 0.538. The van der Waals surface area contributed by atoms with E-state index in [1.54, 1.807) is 0 Å². The van der Waals surface area contributed by atoms with E-state index in [9.17, 15) is 0 Å². The molecule has 0 aliphatic heterocycles. The average Bonchev–Trinajstić information content (AvgIpc) is 3.00. The fourth-order valence-corrected chi connectivity index (χ4v) is 1.76. The Morgan fingerprint density at radius 1 is 1.29 bits per heavy atom. The SMILES string of the molecule is C[C@@H](CCc1ccccc1)NC1CC1. The maximum Gasteiger partial charge on any atom is 0.00706 e. The van der Waals surface area contributed by atoms with E-state index in [0.717, 1.165) is 6.04 Å². The fourth-order valence-electron chi connectivity index (χ4n) is 1.76. The molecule has 0 amide bonds. The second kappa shape index (κ2) is 4.61. The first-order chi connectivity index (χ1) is 6.84. The van der Waals surface area contributed by atoms with Crippen molar-refractivity contribution < 1.29 is 0 Å². The van der Waals surface area contributed by atoms with Gasteiger partial charge in [-0.3, -0.25) is 0 Å². The highest BCUT2D eigenvalue weighted by atomic mass is 15.0. The van der Waals surface area contributed by atoms with Gasteiger partial charge < -0.3 is 5.32 Å². The molecule has 0 spiro atoms. The normalized spacial score (nSPS) is 18.1. The minimum atomic E-state index is 0.669. The molecule has 0 aromatic heterocycles. The van der Waals surface area contributed by atoms with Crippen molar-refractivity contribution in [2.75, 3.05) is 0 Å². The highest BCUT2D eigenvalue weighted by molar-refractivity contribution is 5.14. The van der Waals surface area contributed by atoms with Gasteiger partial charge in [0, 0.05) is 12.1 Å². The van der Waals surface area contributed by atoms with Crippen molar-refractivity contribution in [3.8, 4) is 0 Å². The van der Waals surface area contributed by atoms with Crippen LogP contribution in [0.4, 0.5) is 0 Å². The highest BCUT2D eigenvalue weighted by Gasteiger charge is 2.22. The molecule has 1 saturated carbocycles. The van der Waals surface area contributed by atoms with Gasteiger partial charge in [-0.2, -0.15) is 0 Å². The third-order valence-corrected chi connectivity index (χ3v) is 2.81. The molecule has 1 aromatic rings. The van der Waals surface area contributed by atoms with Crippen molar-refractivity contribution in [3.05, 3.63) is 35.9 Å². The molecule has 1 atom stereocenters. The Morgan fingerprint density at radius 3 is 2.64 bits per heavy atom. The molecule has 0 saturated heterocycles. The number of nitrogens with one attached hydrogen (secondary N) is 1. The lowest BCUT2D eigenvalue weighted by atomic mass is 10.1. The predicted octanol–water partition coefficient (Wildman–Crippen LogP) is 2.76. The molecule has 14 heavy (non-hydrogen) atoms. The van der Waals surface area contributed by atoms with Crippen LogP contribution in [0.2, 0.25) is 0 Å². The first kappa shape index (κ1) is 9.72. The van der Waals surface area contributed by atoms with Crippen LogP contribution in [0, 0.1) is 0 Å². The Morgan fingerprint density at radius 2 is 2.00 bits per heavy atom. The molecule has 2 rings (SSSR count). The van der Waals surface area contributed by atoms with E-state index in [0.29, 0.717) is 6.04 Å². The van der Waals surface area contributed by atoms with E-state index >= 15 is 0 Å². The lowest BCUT2D eigenvalue weighted by Crippen LogP contribution is -2.28. The second-order valence-corrected chi connectivity index (χ2v) is 4.37. The molecule has 0 heterocycles. The van der Waals surface area contributed by atoms with Gasteiger partial charge in [-0.15, -0.1) is 0 Å². The van der Waals surface area contributed by atoms with Crippen molar-refractivity contribution >= 4 is 0 Å². The molecule has 76 valence electrons. The lowest BCUT2D eigenvalue weighted by molar-refractivity contribution is 0.512. The third kappa shape index (κ3) is 3.15. The standard InChI is InChI=1S/C13H19N/c1-11(14-13-9-10-13)7-8-12-5-3-2-4-6-12/h2-6,11,13-14H,7-10H2,1H3/t11-/m0/s1. The largest absolute Gasteiger partial charge is 0.311 e. The molecule has 1 N–H and O–H groups in total. The zero-order chi connectivity index (χ0) is 9.80. The summed E-state index contributed by atoms with van der Waals surface area (Å²) in [4.78, 5) is 0. The number of hydrogen-bond donors (Lipinski definition) is 1. The van der Waals surface area contributed by atoms with E-state index in [-0.39, 0.29) is 0 Å². The van der Waals surface area contributed by atoms with E-state index in [2.05, 4.69) is 42.6 Å². The maximum absolute atomic E-state index is 3.62. The number of benzene rings is 1. The predicted molar refractivity (Wildman–Crippen MR) is 60.4 cm³/mol. The molecular formula is C13H19N. The molecule has 1 aliphatic carbocycles. The van der Waals surface area contributed by atoms with E-state index in [4.69, 9.17) is 0 Å². The Kier molecular flexibility index (Phi) is 3.20. The van der Waals surface area contributed by atoms with Gasteiger partial charge in [-0.1, -0.05) is 30.3 Å². The summed E-state index contributed by atoms with van der Waals surface area (Å²) in [5.74, 6) is 0. The molecule has 1 heteroatoms. The monoisotopic (exact) mass is 189 g/mol. The van der Waals surface area contributed by atoms with Crippen molar-refractivity contribution in [3.63, 3.8) is 0 Å². The molecule has 1 aliphatic rings. The van der Waals surface area contributed by atoms with Crippen LogP contribution in [0.1, 0.15) is 31.7 Å². The van der Waals surface area contributed by atoms with Crippen LogP contribution in [0.5, 0.6) is 0 Å². The van der Waals surface area contributed by atoms with E-state index < -0.39 is 0 Å². The summed E-state index contributed by atoms with van der Waals surface area (Å²) < 4.78 is 0. The van der Waals surface area contributed by atoms with Crippen molar-refractivity contribution in [2.45, 2.75) is 44.7 Å². The Hall–Kier alpha value is -0.820. The van der Waals surface area contributed by atoms with Gasteiger partial charge in [-0.05, 0) is 38.2 Å². The van der Waals surface area contributed by atoms with Crippen LogP contribution >= 0.6 is 0 Å². The first-order valence-corrected chi connectivity index (χ1v) is 5.64. The van der Waals surface area contributed by atoms with Gasteiger partial charge in [-0.25, -0.2) is 0 Å². The minimum Gasteiger partial charge on any atom is -0.311 e. The molecule has 1 fully saturated rings. The topological polar surface area (TPSA) is 12.0 Å². The molecule has 0 bridgehead atoms. The Balaban J connectivity index is 1.70. The molecular weight excluding hydrogens is 170 g/mol. The van der Waals surface area contributed by atoms with E-state index in [1.807, 2.05) is 0 Å². The van der Waals surface area contributed by atoms with Crippen LogP contribution in [0.25, 0.3) is 0 Å². The quantitative estimate of drug-likeness (QED) is 0.751. The highest BCUT2D eigenvalue weighted by Crippen LogP contribution is 2.20. The maximum atomic E-state index is 3.62. The van der Waals surface area contributed by atoms with Gasteiger partial charge in [0.05, 0.1) is 0 Å². The second-order valence-electron chi connectivity index (χ2n) is 4.37. The van der Waals surface area contributed by atoms with Crippen molar-refractivity contribution in [2.24, 2.45) is 0 Å². The van der Waals surface area contributed by atoms with Gasteiger partial charge in [0.1, 0.15) is 0 Å². The molecule has 0 radical (unpaired) electrons. The summed E-state index contributed by atoms with van der Waals surface area (Å²) in [5, 5.41) is 3.62. The molecule has 0 unspecified atom stereocenters. The summed E-state index contributed by atoms with van der Waals surface area (Å²) in [6.45, 7) is 2.29.